The summed E-state index contributed by atoms with van der Waals surface area (Å²) in [6, 6.07) is 8.48. The molecule has 1 saturated carbocycles. The van der Waals surface area contributed by atoms with Crippen molar-refractivity contribution >= 4 is 5.82 Å². The summed E-state index contributed by atoms with van der Waals surface area (Å²) in [6.07, 6.45) is 6.25. The first-order chi connectivity index (χ1) is 10.2. The van der Waals surface area contributed by atoms with E-state index in [1.54, 1.807) is 0 Å². The Morgan fingerprint density at radius 2 is 2.05 bits per heavy atom. The Morgan fingerprint density at radius 1 is 1.29 bits per heavy atom. The molecule has 3 nitrogen and oxygen atoms in total. The van der Waals surface area contributed by atoms with Crippen molar-refractivity contribution in [1.82, 2.24) is 9.55 Å². The number of benzene rings is 1. The summed E-state index contributed by atoms with van der Waals surface area (Å²) >= 11 is 0. The van der Waals surface area contributed by atoms with Crippen molar-refractivity contribution in [2.75, 3.05) is 5.73 Å². The second kappa shape index (κ2) is 5.92. The standard InChI is InChI=1S/C18H25N3/c1-3-11-21-17(19)16(15-10-6-7-13(2)12-15)20-18(21)14-8-4-5-9-14/h6-7,10,12,14H,3-5,8-9,11,19H2,1-2H3. The van der Waals surface area contributed by atoms with E-state index in [9.17, 15) is 0 Å². The van der Waals surface area contributed by atoms with Crippen LogP contribution in [0.2, 0.25) is 0 Å². The Labute approximate surface area is 127 Å². The molecule has 0 spiro atoms. The highest BCUT2D eigenvalue weighted by Gasteiger charge is 2.25. The normalized spacial score (nSPS) is 15.7. The van der Waals surface area contributed by atoms with Crippen LogP contribution in [-0.2, 0) is 6.54 Å². The number of imidazole rings is 1. The van der Waals surface area contributed by atoms with Crippen molar-refractivity contribution in [3.05, 3.63) is 35.7 Å². The van der Waals surface area contributed by atoms with Crippen LogP contribution in [-0.4, -0.2) is 9.55 Å². The molecular formula is C18H25N3. The van der Waals surface area contributed by atoms with Gasteiger partial charge in [-0.1, -0.05) is 43.5 Å². The van der Waals surface area contributed by atoms with Gasteiger partial charge in [0.15, 0.2) is 0 Å². The van der Waals surface area contributed by atoms with Crippen LogP contribution in [0.1, 0.15) is 56.3 Å². The fraction of sp³-hybridized carbons (Fsp3) is 0.500. The number of aryl methyl sites for hydroxylation is 1. The van der Waals surface area contributed by atoms with Gasteiger partial charge in [0.05, 0.1) is 0 Å². The quantitative estimate of drug-likeness (QED) is 0.897. The maximum Gasteiger partial charge on any atom is 0.131 e. The van der Waals surface area contributed by atoms with Crippen molar-refractivity contribution in [3.8, 4) is 11.3 Å². The van der Waals surface area contributed by atoms with Crippen LogP contribution in [0.3, 0.4) is 0 Å². The van der Waals surface area contributed by atoms with E-state index < -0.39 is 0 Å². The lowest BCUT2D eigenvalue weighted by molar-refractivity contribution is 0.579. The monoisotopic (exact) mass is 283 g/mol. The summed E-state index contributed by atoms with van der Waals surface area (Å²) in [4.78, 5) is 4.96. The second-order valence-corrected chi connectivity index (χ2v) is 6.21. The molecule has 1 aromatic heterocycles. The Kier molecular flexibility index (Phi) is 4.00. The van der Waals surface area contributed by atoms with Crippen LogP contribution in [0.4, 0.5) is 5.82 Å². The summed E-state index contributed by atoms with van der Waals surface area (Å²) in [7, 11) is 0. The third kappa shape index (κ3) is 2.69. The summed E-state index contributed by atoms with van der Waals surface area (Å²) in [5, 5.41) is 0. The number of nitrogens with two attached hydrogens (primary N) is 1. The summed E-state index contributed by atoms with van der Waals surface area (Å²) < 4.78 is 2.26. The number of hydrogen-bond donors (Lipinski definition) is 1. The number of nitrogen functional groups attached to an aromatic ring is 1. The van der Waals surface area contributed by atoms with Gasteiger partial charge in [-0.3, -0.25) is 0 Å². The predicted molar refractivity (Wildman–Crippen MR) is 88.3 cm³/mol. The van der Waals surface area contributed by atoms with Gasteiger partial charge in [-0.2, -0.15) is 0 Å². The van der Waals surface area contributed by atoms with Gasteiger partial charge in [0.25, 0.3) is 0 Å². The topological polar surface area (TPSA) is 43.8 Å². The smallest absolute Gasteiger partial charge is 0.131 e. The van der Waals surface area contributed by atoms with Crippen molar-refractivity contribution in [1.29, 1.82) is 0 Å². The first-order valence-electron chi connectivity index (χ1n) is 8.13. The summed E-state index contributed by atoms with van der Waals surface area (Å²) in [6.45, 7) is 5.28. The first-order valence-corrected chi connectivity index (χ1v) is 8.13. The lowest BCUT2D eigenvalue weighted by atomic mass is 10.1. The molecule has 0 unspecified atom stereocenters. The average Bonchev–Trinajstić information content (AvgIpc) is 3.09. The van der Waals surface area contributed by atoms with Gasteiger partial charge < -0.3 is 10.3 Å². The van der Waals surface area contributed by atoms with Gasteiger partial charge in [0.1, 0.15) is 17.3 Å². The van der Waals surface area contributed by atoms with Crippen molar-refractivity contribution in [2.24, 2.45) is 0 Å². The Balaban J connectivity index is 2.07. The number of nitrogens with zero attached hydrogens (tertiary/aromatic N) is 2. The highest BCUT2D eigenvalue weighted by atomic mass is 15.1. The molecule has 3 heteroatoms. The maximum atomic E-state index is 6.44. The number of hydrogen-bond acceptors (Lipinski definition) is 2. The van der Waals surface area contributed by atoms with Crippen molar-refractivity contribution in [2.45, 2.75) is 58.4 Å². The number of rotatable bonds is 4. The third-order valence-corrected chi connectivity index (χ3v) is 4.50. The minimum Gasteiger partial charge on any atom is -0.383 e. The van der Waals surface area contributed by atoms with Gasteiger partial charge in [-0.15, -0.1) is 0 Å². The maximum absolute atomic E-state index is 6.44. The van der Waals surface area contributed by atoms with Gasteiger partial charge in [0, 0.05) is 18.0 Å². The minimum absolute atomic E-state index is 0.595. The van der Waals surface area contributed by atoms with Crippen molar-refractivity contribution < 1.29 is 0 Å². The van der Waals surface area contributed by atoms with E-state index >= 15 is 0 Å². The lowest BCUT2D eigenvalue weighted by Gasteiger charge is -2.12. The van der Waals surface area contributed by atoms with E-state index in [0.29, 0.717) is 5.92 Å². The molecule has 112 valence electrons. The molecule has 3 rings (SSSR count). The lowest BCUT2D eigenvalue weighted by Crippen LogP contribution is -2.09. The summed E-state index contributed by atoms with van der Waals surface area (Å²) in [5.41, 5.74) is 9.80. The molecule has 0 aliphatic heterocycles. The van der Waals surface area contributed by atoms with Crippen LogP contribution in [0.25, 0.3) is 11.3 Å². The van der Waals surface area contributed by atoms with Crippen LogP contribution < -0.4 is 5.73 Å². The zero-order valence-electron chi connectivity index (χ0n) is 13.1. The molecule has 1 heterocycles. The molecule has 2 aromatic rings. The van der Waals surface area contributed by atoms with Crippen LogP contribution >= 0.6 is 0 Å². The zero-order chi connectivity index (χ0) is 14.8. The highest BCUT2D eigenvalue weighted by molar-refractivity contribution is 5.71. The number of aromatic nitrogens is 2. The predicted octanol–water partition coefficient (Wildman–Crippen LogP) is 4.51. The molecule has 0 saturated heterocycles. The Bertz CT molecular complexity index is 621. The fourth-order valence-corrected chi connectivity index (χ4v) is 3.44. The molecule has 21 heavy (non-hydrogen) atoms. The minimum atomic E-state index is 0.595. The van der Waals surface area contributed by atoms with Crippen LogP contribution in [0.5, 0.6) is 0 Å². The molecule has 1 aliphatic rings. The molecule has 1 aromatic carbocycles. The first kappa shape index (κ1) is 14.2. The second-order valence-electron chi connectivity index (χ2n) is 6.21. The molecule has 2 N–H and O–H groups in total. The van der Waals surface area contributed by atoms with Crippen LogP contribution in [0.15, 0.2) is 24.3 Å². The van der Waals surface area contributed by atoms with E-state index in [1.165, 1.54) is 37.1 Å². The highest BCUT2D eigenvalue weighted by Crippen LogP contribution is 2.37. The van der Waals surface area contributed by atoms with E-state index in [0.717, 1.165) is 30.0 Å². The Hall–Kier alpha value is -1.77. The zero-order valence-corrected chi connectivity index (χ0v) is 13.1. The number of anilines is 1. The fourth-order valence-electron chi connectivity index (χ4n) is 3.44. The van der Waals surface area contributed by atoms with Gasteiger partial charge in [-0.05, 0) is 32.3 Å². The van der Waals surface area contributed by atoms with Gasteiger partial charge >= 0.3 is 0 Å². The molecule has 0 atom stereocenters. The van der Waals surface area contributed by atoms with E-state index in [2.05, 4.69) is 42.7 Å². The largest absolute Gasteiger partial charge is 0.383 e. The van der Waals surface area contributed by atoms with E-state index in [1.807, 2.05) is 0 Å². The van der Waals surface area contributed by atoms with E-state index in [-0.39, 0.29) is 0 Å². The van der Waals surface area contributed by atoms with Gasteiger partial charge in [0.2, 0.25) is 0 Å². The van der Waals surface area contributed by atoms with Crippen LogP contribution in [0, 0.1) is 6.92 Å². The third-order valence-electron chi connectivity index (χ3n) is 4.50. The van der Waals surface area contributed by atoms with E-state index in [4.69, 9.17) is 10.7 Å². The van der Waals surface area contributed by atoms with Gasteiger partial charge in [-0.25, -0.2) is 4.98 Å². The Morgan fingerprint density at radius 3 is 2.71 bits per heavy atom. The molecule has 1 fully saturated rings. The van der Waals surface area contributed by atoms with Crippen molar-refractivity contribution in [3.63, 3.8) is 0 Å². The molecule has 1 aliphatic carbocycles. The average molecular weight is 283 g/mol. The summed E-state index contributed by atoms with van der Waals surface area (Å²) in [5.74, 6) is 2.64. The molecule has 0 bridgehead atoms. The SMILES string of the molecule is CCCn1c(C2CCCC2)nc(-c2cccc(C)c2)c1N. The molecular weight excluding hydrogens is 258 g/mol. The molecule has 0 radical (unpaired) electrons. The molecule has 0 amide bonds.